The number of amides is 1. The number of ether oxygens (including phenoxy) is 1. The zero-order valence-electron chi connectivity index (χ0n) is 18.5. The summed E-state index contributed by atoms with van der Waals surface area (Å²) in [6.45, 7) is 6.83. The number of imidazole rings is 1. The van der Waals surface area contributed by atoms with Gasteiger partial charge in [-0.05, 0) is 43.5 Å². The third-order valence-corrected chi connectivity index (χ3v) is 6.05. The van der Waals surface area contributed by atoms with Crippen molar-refractivity contribution < 1.29 is 14.6 Å². The summed E-state index contributed by atoms with van der Waals surface area (Å²) >= 11 is 0. The van der Waals surface area contributed by atoms with Gasteiger partial charge >= 0.3 is 6.09 Å². The minimum absolute atomic E-state index is 0.0777. The Kier molecular flexibility index (Phi) is 5.43. The van der Waals surface area contributed by atoms with Crippen molar-refractivity contribution in [2.45, 2.75) is 39.3 Å². The topological polar surface area (TPSA) is 96.1 Å². The smallest absolute Gasteiger partial charge is 0.407 e. The van der Waals surface area contributed by atoms with Gasteiger partial charge in [-0.1, -0.05) is 13.8 Å². The van der Waals surface area contributed by atoms with Crippen molar-refractivity contribution in [2.75, 3.05) is 25.6 Å². The number of hydrogen-bond acceptors (Lipinski definition) is 6. The average Bonchev–Trinajstić information content (AvgIpc) is 3.37. The van der Waals surface area contributed by atoms with E-state index < -0.39 is 6.09 Å². The molecule has 2 atom stereocenters. The summed E-state index contributed by atoms with van der Waals surface area (Å²) in [5, 5.41) is 14.3. The Hall–Kier alpha value is -3.36. The number of hydrogen-bond donors (Lipinski definition) is 1. The Bertz CT molecular complexity index is 1110. The van der Waals surface area contributed by atoms with Gasteiger partial charge in [-0.2, -0.15) is 0 Å². The molecule has 3 aromatic heterocycles. The number of likely N-dealkylation sites (N-methyl/N-ethyl adjacent to an activating group) is 1. The SMILES string of the molecule is COc1nc(C)ccc1-c1cnc2ccc(N3CC(N(C)C(=O)O)CC3C(C)C)nn12. The minimum atomic E-state index is -0.909. The molecule has 0 aromatic carbocycles. The molecule has 9 heteroatoms. The molecule has 1 saturated heterocycles. The Morgan fingerprint density at radius 1 is 1.29 bits per heavy atom. The monoisotopic (exact) mass is 424 g/mol. The van der Waals surface area contributed by atoms with Crippen molar-refractivity contribution >= 4 is 17.6 Å². The van der Waals surface area contributed by atoms with Crippen molar-refractivity contribution in [1.29, 1.82) is 0 Å². The first-order chi connectivity index (χ1) is 14.8. The number of anilines is 1. The third kappa shape index (κ3) is 3.75. The Morgan fingerprint density at radius 2 is 2.06 bits per heavy atom. The van der Waals surface area contributed by atoms with E-state index in [1.54, 1.807) is 24.9 Å². The summed E-state index contributed by atoms with van der Waals surface area (Å²) in [5.74, 6) is 1.68. The molecule has 1 aliphatic rings. The molecule has 2 unspecified atom stereocenters. The molecular weight excluding hydrogens is 396 g/mol. The summed E-state index contributed by atoms with van der Waals surface area (Å²) in [5.41, 5.74) is 3.20. The van der Waals surface area contributed by atoms with Crippen LogP contribution in [-0.4, -0.2) is 68.5 Å². The largest absolute Gasteiger partial charge is 0.480 e. The third-order valence-electron chi connectivity index (χ3n) is 6.05. The van der Waals surface area contributed by atoms with E-state index in [1.807, 2.05) is 31.2 Å². The second-order valence-electron chi connectivity index (χ2n) is 8.36. The lowest BCUT2D eigenvalue weighted by atomic mass is 10.0. The lowest BCUT2D eigenvalue weighted by Gasteiger charge is -2.28. The van der Waals surface area contributed by atoms with Gasteiger partial charge in [-0.3, -0.25) is 0 Å². The fourth-order valence-corrected chi connectivity index (χ4v) is 4.26. The maximum absolute atomic E-state index is 11.5. The summed E-state index contributed by atoms with van der Waals surface area (Å²) in [4.78, 5) is 24.1. The van der Waals surface area contributed by atoms with Crippen LogP contribution in [-0.2, 0) is 0 Å². The molecular formula is C22H28N6O3. The van der Waals surface area contributed by atoms with Gasteiger partial charge in [0, 0.05) is 25.3 Å². The number of rotatable bonds is 5. The number of pyridine rings is 1. The van der Waals surface area contributed by atoms with Crippen LogP contribution >= 0.6 is 0 Å². The molecule has 0 saturated carbocycles. The van der Waals surface area contributed by atoms with Crippen molar-refractivity contribution in [2.24, 2.45) is 5.92 Å². The maximum Gasteiger partial charge on any atom is 0.407 e. The second-order valence-corrected chi connectivity index (χ2v) is 8.36. The highest BCUT2D eigenvalue weighted by Gasteiger charge is 2.38. The predicted octanol–water partition coefficient (Wildman–Crippen LogP) is 3.32. The zero-order chi connectivity index (χ0) is 22.3. The second kappa shape index (κ2) is 8.05. The number of aryl methyl sites for hydroxylation is 1. The van der Waals surface area contributed by atoms with Crippen LogP contribution in [0.3, 0.4) is 0 Å². The number of fused-ring (bicyclic) bond motifs is 1. The summed E-state index contributed by atoms with van der Waals surface area (Å²) in [6.07, 6.45) is 1.63. The first-order valence-electron chi connectivity index (χ1n) is 10.4. The van der Waals surface area contributed by atoms with Crippen molar-refractivity contribution in [1.82, 2.24) is 24.5 Å². The Labute approximate surface area is 181 Å². The average molecular weight is 425 g/mol. The van der Waals surface area contributed by atoms with E-state index in [2.05, 4.69) is 28.7 Å². The molecule has 3 aromatic rings. The van der Waals surface area contributed by atoms with Crippen LogP contribution in [0.15, 0.2) is 30.5 Å². The van der Waals surface area contributed by atoms with Gasteiger partial charge in [0.1, 0.15) is 5.82 Å². The highest BCUT2D eigenvalue weighted by molar-refractivity contribution is 5.68. The van der Waals surface area contributed by atoms with Crippen LogP contribution < -0.4 is 9.64 Å². The lowest BCUT2D eigenvalue weighted by Crippen LogP contribution is -2.38. The van der Waals surface area contributed by atoms with Gasteiger partial charge in [0.25, 0.3) is 0 Å². The van der Waals surface area contributed by atoms with Crippen molar-refractivity contribution in [3.63, 3.8) is 0 Å². The highest BCUT2D eigenvalue weighted by atomic mass is 16.5. The molecule has 31 heavy (non-hydrogen) atoms. The van der Waals surface area contributed by atoms with Gasteiger partial charge < -0.3 is 19.6 Å². The van der Waals surface area contributed by atoms with E-state index in [-0.39, 0.29) is 12.1 Å². The summed E-state index contributed by atoms with van der Waals surface area (Å²) in [6, 6.07) is 7.90. The van der Waals surface area contributed by atoms with E-state index in [0.29, 0.717) is 18.3 Å². The summed E-state index contributed by atoms with van der Waals surface area (Å²) < 4.78 is 7.29. The van der Waals surface area contributed by atoms with E-state index in [0.717, 1.165) is 34.8 Å². The number of carbonyl (C=O) groups is 1. The van der Waals surface area contributed by atoms with E-state index in [4.69, 9.17) is 9.84 Å². The van der Waals surface area contributed by atoms with Crippen LogP contribution in [0.25, 0.3) is 16.9 Å². The first-order valence-corrected chi connectivity index (χ1v) is 10.4. The van der Waals surface area contributed by atoms with Crippen LogP contribution in [0.2, 0.25) is 0 Å². The predicted molar refractivity (Wildman–Crippen MR) is 118 cm³/mol. The van der Waals surface area contributed by atoms with E-state index in [1.165, 1.54) is 4.90 Å². The first kappa shape index (κ1) is 20.9. The Balaban J connectivity index is 1.76. The molecule has 1 amide bonds. The summed E-state index contributed by atoms with van der Waals surface area (Å²) in [7, 11) is 3.24. The van der Waals surface area contributed by atoms with Gasteiger partial charge in [-0.25, -0.2) is 19.3 Å². The van der Waals surface area contributed by atoms with Crippen molar-refractivity contribution in [3.8, 4) is 17.1 Å². The van der Waals surface area contributed by atoms with Gasteiger partial charge in [0.2, 0.25) is 5.88 Å². The quantitative estimate of drug-likeness (QED) is 0.671. The molecule has 1 fully saturated rings. The number of nitrogens with zero attached hydrogens (tertiary/aromatic N) is 6. The molecule has 9 nitrogen and oxygen atoms in total. The molecule has 164 valence electrons. The minimum Gasteiger partial charge on any atom is -0.480 e. The normalized spacial score (nSPS) is 18.7. The number of carboxylic acid groups (broad SMARTS) is 1. The van der Waals surface area contributed by atoms with Gasteiger partial charge in [0.15, 0.2) is 5.65 Å². The molecule has 0 bridgehead atoms. The van der Waals surface area contributed by atoms with Gasteiger partial charge in [-0.15, -0.1) is 5.10 Å². The van der Waals surface area contributed by atoms with Crippen LogP contribution in [0.5, 0.6) is 5.88 Å². The maximum atomic E-state index is 11.5. The molecule has 0 aliphatic carbocycles. The molecule has 1 N–H and O–H groups in total. The van der Waals surface area contributed by atoms with Crippen molar-refractivity contribution in [3.05, 3.63) is 36.2 Å². The van der Waals surface area contributed by atoms with E-state index in [9.17, 15) is 9.90 Å². The lowest BCUT2D eigenvalue weighted by molar-refractivity contribution is 0.141. The number of aromatic nitrogens is 4. The van der Waals surface area contributed by atoms with Gasteiger partial charge in [0.05, 0.1) is 30.6 Å². The molecule has 0 radical (unpaired) electrons. The van der Waals surface area contributed by atoms with E-state index >= 15 is 0 Å². The molecule has 1 aliphatic heterocycles. The van der Waals surface area contributed by atoms with Crippen LogP contribution in [0.4, 0.5) is 10.6 Å². The fraction of sp³-hybridized carbons (Fsp3) is 0.455. The molecule has 4 heterocycles. The van der Waals surface area contributed by atoms with Crippen LogP contribution in [0, 0.1) is 12.8 Å². The molecule has 4 rings (SSSR count). The Morgan fingerprint density at radius 3 is 2.74 bits per heavy atom. The zero-order valence-corrected chi connectivity index (χ0v) is 18.5. The van der Waals surface area contributed by atoms with Crippen LogP contribution in [0.1, 0.15) is 26.0 Å². The standard InChI is InChI=1S/C22H28N6O3/c1-13(2)17-10-15(26(4)22(29)30)12-27(17)20-9-8-19-23-11-18(28(19)25-20)16-7-6-14(3)24-21(16)31-5/h6-9,11,13,15,17H,10,12H2,1-5H3,(H,29,30). The molecule has 0 spiro atoms. The number of methoxy groups -OCH3 is 1. The fourth-order valence-electron chi connectivity index (χ4n) is 4.26. The highest BCUT2D eigenvalue weighted by Crippen LogP contribution is 2.33.